The van der Waals surface area contributed by atoms with E-state index in [9.17, 15) is 14.4 Å². The highest BCUT2D eigenvalue weighted by atomic mass is 16.5. The predicted octanol–water partition coefficient (Wildman–Crippen LogP) is 2.38. The molecular formula is C20H19N3O4. The fourth-order valence-electron chi connectivity index (χ4n) is 2.71. The van der Waals surface area contributed by atoms with Crippen molar-refractivity contribution < 1.29 is 19.1 Å². The van der Waals surface area contributed by atoms with Crippen molar-refractivity contribution in [1.29, 1.82) is 0 Å². The number of fused-ring (bicyclic) bond motifs is 1. The van der Waals surface area contributed by atoms with Gasteiger partial charge in [-0.25, -0.2) is 0 Å². The molecule has 0 aliphatic heterocycles. The molecule has 2 aromatic carbocycles. The number of hydrogen-bond acceptors (Lipinski definition) is 4. The molecule has 0 spiro atoms. The Kier molecular flexibility index (Phi) is 5.51. The minimum atomic E-state index is -0.544. The molecule has 0 atom stereocenters. The van der Waals surface area contributed by atoms with E-state index < -0.39 is 17.8 Å². The van der Waals surface area contributed by atoms with Crippen LogP contribution in [0.3, 0.4) is 0 Å². The third-order valence-electron chi connectivity index (χ3n) is 4.09. The van der Waals surface area contributed by atoms with Crippen LogP contribution < -0.4 is 11.1 Å². The number of amides is 2. The highest BCUT2D eigenvalue weighted by Gasteiger charge is 2.10. The number of carbonyl (C=O) groups is 3. The average molecular weight is 365 g/mol. The molecule has 0 bridgehead atoms. The number of anilines is 1. The number of H-pyrrole nitrogens is 1. The first-order chi connectivity index (χ1) is 13.0. The Hall–Kier alpha value is -3.61. The van der Waals surface area contributed by atoms with Gasteiger partial charge in [0, 0.05) is 34.8 Å². The Labute approximate surface area is 155 Å². The van der Waals surface area contributed by atoms with E-state index in [1.807, 2.05) is 30.5 Å². The molecular weight excluding hydrogens is 346 g/mol. The Balaban J connectivity index is 1.44. The minimum absolute atomic E-state index is 0.183. The van der Waals surface area contributed by atoms with Crippen molar-refractivity contribution in [3.8, 4) is 0 Å². The largest absolute Gasteiger partial charge is 0.456 e. The number of aryl methyl sites for hydroxylation is 1. The second-order valence-electron chi connectivity index (χ2n) is 6.01. The van der Waals surface area contributed by atoms with E-state index in [0.717, 1.165) is 16.5 Å². The third-order valence-corrected chi connectivity index (χ3v) is 4.09. The summed E-state index contributed by atoms with van der Waals surface area (Å²) in [5, 5.41) is 3.66. The van der Waals surface area contributed by atoms with Gasteiger partial charge in [-0.05, 0) is 42.3 Å². The molecule has 138 valence electrons. The van der Waals surface area contributed by atoms with Gasteiger partial charge in [0.1, 0.15) is 0 Å². The van der Waals surface area contributed by atoms with Crippen LogP contribution in [0.2, 0.25) is 0 Å². The van der Waals surface area contributed by atoms with E-state index in [1.54, 1.807) is 12.1 Å². The molecule has 1 heterocycles. The zero-order valence-corrected chi connectivity index (χ0v) is 14.5. The van der Waals surface area contributed by atoms with Gasteiger partial charge in [0.15, 0.2) is 6.61 Å². The maximum Gasteiger partial charge on any atom is 0.306 e. The summed E-state index contributed by atoms with van der Waals surface area (Å²) in [5.74, 6) is -1.45. The lowest BCUT2D eigenvalue weighted by Gasteiger charge is -2.07. The maximum absolute atomic E-state index is 11.9. The first kappa shape index (κ1) is 18.2. The molecule has 0 radical (unpaired) electrons. The fourth-order valence-corrected chi connectivity index (χ4v) is 2.71. The topological polar surface area (TPSA) is 114 Å². The van der Waals surface area contributed by atoms with Crippen LogP contribution in [0.4, 0.5) is 5.69 Å². The minimum Gasteiger partial charge on any atom is -0.456 e. The number of para-hydroxylation sites is 1. The summed E-state index contributed by atoms with van der Waals surface area (Å²) >= 11 is 0. The van der Waals surface area contributed by atoms with Crippen molar-refractivity contribution in [2.45, 2.75) is 12.8 Å². The Morgan fingerprint density at radius 1 is 1.04 bits per heavy atom. The van der Waals surface area contributed by atoms with Gasteiger partial charge in [-0.1, -0.05) is 18.2 Å². The molecule has 0 saturated carbocycles. The van der Waals surface area contributed by atoms with Crippen molar-refractivity contribution in [3.63, 3.8) is 0 Å². The van der Waals surface area contributed by atoms with Crippen molar-refractivity contribution >= 4 is 34.4 Å². The lowest BCUT2D eigenvalue weighted by molar-refractivity contribution is -0.147. The van der Waals surface area contributed by atoms with Crippen molar-refractivity contribution in [3.05, 3.63) is 65.9 Å². The smallest absolute Gasteiger partial charge is 0.306 e. The Morgan fingerprint density at radius 2 is 1.78 bits per heavy atom. The molecule has 3 aromatic rings. The van der Waals surface area contributed by atoms with E-state index >= 15 is 0 Å². The van der Waals surface area contributed by atoms with Crippen LogP contribution in [0.1, 0.15) is 22.3 Å². The Bertz CT molecular complexity index is 976. The number of carbonyl (C=O) groups excluding carboxylic acids is 3. The second kappa shape index (κ2) is 8.18. The number of esters is 1. The number of benzene rings is 2. The summed E-state index contributed by atoms with van der Waals surface area (Å²) in [5.41, 5.74) is 8.03. The molecule has 0 aliphatic carbocycles. The number of nitrogens with one attached hydrogen (secondary N) is 2. The van der Waals surface area contributed by atoms with Gasteiger partial charge in [0.05, 0.1) is 0 Å². The van der Waals surface area contributed by atoms with Crippen molar-refractivity contribution in [2.75, 3.05) is 11.9 Å². The number of aromatic amines is 1. The molecule has 2 amide bonds. The standard InChI is InChI=1S/C20H19N3O4/c21-20(26)13-5-8-15(9-6-13)23-18(24)12-27-19(25)10-7-14-11-22-17-4-2-1-3-16(14)17/h1-6,8-9,11,22H,7,10,12H2,(H2,21,26)(H,23,24). The number of nitrogens with two attached hydrogens (primary N) is 1. The molecule has 27 heavy (non-hydrogen) atoms. The summed E-state index contributed by atoms with van der Waals surface area (Å²) in [7, 11) is 0. The summed E-state index contributed by atoms with van der Waals surface area (Å²) in [6, 6.07) is 14.0. The first-order valence-corrected chi connectivity index (χ1v) is 8.43. The van der Waals surface area contributed by atoms with Gasteiger partial charge in [-0.3, -0.25) is 14.4 Å². The molecule has 3 rings (SSSR count). The SMILES string of the molecule is NC(=O)c1ccc(NC(=O)COC(=O)CCc2c[nH]c3ccccc23)cc1. The van der Waals surface area contributed by atoms with Gasteiger partial charge in [0.2, 0.25) is 5.91 Å². The summed E-state index contributed by atoms with van der Waals surface area (Å²) in [6.07, 6.45) is 2.59. The van der Waals surface area contributed by atoms with Gasteiger partial charge >= 0.3 is 5.97 Å². The van der Waals surface area contributed by atoms with Gasteiger partial charge in [-0.2, -0.15) is 0 Å². The van der Waals surface area contributed by atoms with E-state index in [4.69, 9.17) is 10.5 Å². The van der Waals surface area contributed by atoms with Crippen LogP contribution in [0, 0.1) is 0 Å². The van der Waals surface area contributed by atoms with Gasteiger partial charge in [-0.15, -0.1) is 0 Å². The van der Waals surface area contributed by atoms with E-state index in [2.05, 4.69) is 10.3 Å². The van der Waals surface area contributed by atoms with Crippen LogP contribution in [0.15, 0.2) is 54.7 Å². The van der Waals surface area contributed by atoms with Crippen molar-refractivity contribution in [1.82, 2.24) is 4.98 Å². The summed E-state index contributed by atoms with van der Waals surface area (Å²) in [4.78, 5) is 37.9. The van der Waals surface area contributed by atoms with Crippen LogP contribution in [0.25, 0.3) is 10.9 Å². The number of rotatable bonds is 7. The fraction of sp³-hybridized carbons (Fsp3) is 0.150. The molecule has 7 nitrogen and oxygen atoms in total. The van der Waals surface area contributed by atoms with Crippen molar-refractivity contribution in [2.24, 2.45) is 5.73 Å². The van der Waals surface area contributed by atoms with E-state index in [0.29, 0.717) is 17.7 Å². The number of aromatic nitrogens is 1. The van der Waals surface area contributed by atoms with Crippen LogP contribution in [-0.2, 0) is 20.7 Å². The third kappa shape index (κ3) is 4.72. The molecule has 0 saturated heterocycles. The lowest BCUT2D eigenvalue weighted by Crippen LogP contribution is -2.21. The molecule has 0 unspecified atom stereocenters. The van der Waals surface area contributed by atoms with Gasteiger partial charge < -0.3 is 20.8 Å². The van der Waals surface area contributed by atoms with Gasteiger partial charge in [0.25, 0.3) is 5.91 Å². The summed E-state index contributed by atoms with van der Waals surface area (Å²) in [6.45, 7) is -0.371. The zero-order valence-electron chi connectivity index (χ0n) is 14.5. The highest BCUT2D eigenvalue weighted by molar-refractivity contribution is 5.95. The molecule has 1 aromatic heterocycles. The summed E-state index contributed by atoms with van der Waals surface area (Å²) < 4.78 is 5.01. The van der Waals surface area contributed by atoms with E-state index in [1.165, 1.54) is 12.1 Å². The van der Waals surface area contributed by atoms with E-state index in [-0.39, 0.29) is 13.0 Å². The average Bonchev–Trinajstić information content (AvgIpc) is 3.08. The second-order valence-corrected chi connectivity index (χ2v) is 6.01. The molecule has 0 aliphatic rings. The maximum atomic E-state index is 11.9. The van der Waals surface area contributed by atoms with Crippen LogP contribution in [-0.4, -0.2) is 29.4 Å². The predicted molar refractivity (Wildman–Crippen MR) is 101 cm³/mol. The first-order valence-electron chi connectivity index (χ1n) is 8.43. The molecule has 7 heteroatoms. The quantitative estimate of drug-likeness (QED) is 0.558. The highest BCUT2D eigenvalue weighted by Crippen LogP contribution is 2.19. The molecule has 0 fully saturated rings. The Morgan fingerprint density at radius 3 is 2.52 bits per heavy atom. The normalized spacial score (nSPS) is 10.5. The van der Waals surface area contributed by atoms with Crippen LogP contribution in [0.5, 0.6) is 0 Å². The molecule has 4 N–H and O–H groups in total. The monoisotopic (exact) mass is 365 g/mol. The zero-order chi connectivity index (χ0) is 19.2. The lowest BCUT2D eigenvalue weighted by atomic mass is 10.1. The number of hydrogen-bond donors (Lipinski definition) is 3. The number of ether oxygens (including phenoxy) is 1. The van der Waals surface area contributed by atoms with Crippen LogP contribution >= 0.6 is 0 Å². The number of primary amides is 1.